The smallest absolute Gasteiger partial charge is 0.273 e. The summed E-state index contributed by atoms with van der Waals surface area (Å²) >= 11 is 5.58. The minimum absolute atomic E-state index is 0. The van der Waals surface area contributed by atoms with Gasteiger partial charge in [-0.1, -0.05) is 23.4 Å². The lowest BCUT2D eigenvalue weighted by Crippen LogP contribution is -2.29. The van der Waals surface area contributed by atoms with E-state index in [0.717, 1.165) is 25.9 Å². The summed E-state index contributed by atoms with van der Waals surface area (Å²) in [7, 11) is 0. The summed E-state index contributed by atoms with van der Waals surface area (Å²) in [6.45, 7) is 5.68. The Hall–Kier alpha value is -1.11. The predicted octanol–water partition coefficient (Wildman–Crippen LogP) is 1.11. The fourth-order valence-electron chi connectivity index (χ4n) is 1.90. The van der Waals surface area contributed by atoms with Crippen LogP contribution in [0.1, 0.15) is 29.4 Å². The van der Waals surface area contributed by atoms with Gasteiger partial charge in [-0.15, -0.1) is 17.5 Å². The first-order valence-electron chi connectivity index (χ1n) is 5.91. The normalized spacial score (nSPS) is 15.6. The second-order valence-electron chi connectivity index (χ2n) is 4.26. The highest BCUT2D eigenvalue weighted by Crippen LogP contribution is 2.16. The summed E-state index contributed by atoms with van der Waals surface area (Å²) in [5.74, 6) is -0.281. The van der Waals surface area contributed by atoms with E-state index in [1.165, 1.54) is 0 Å². The quantitative estimate of drug-likeness (QED) is 0.874. The van der Waals surface area contributed by atoms with Gasteiger partial charge in [-0.3, -0.25) is 4.79 Å². The molecule has 19 heavy (non-hydrogen) atoms. The highest BCUT2D eigenvalue weighted by Gasteiger charge is 2.18. The molecule has 0 bridgehead atoms. The maximum atomic E-state index is 11.7. The van der Waals surface area contributed by atoms with Crippen LogP contribution in [0.25, 0.3) is 0 Å². The number of nitrogens with zero attached hydrogens (tertiary/aromatic N) is 3. The number of piperidine rings is 1. The van der Waals surface area contributed by atoms with E-state index in [1.54, 1.807) is 10.9 Å². The Morgan fingerprint density at radius 3 is 2.89 bits per heavy atom. The number of rotatable bonds is 4. The number of aromatic nitrogens is 3. The molecule has 0 spiro atoms. The van der Waals surface area contributed by atoms with Gasteiger partial charge in [0.25, 0.3) is 5.91 Å². The molecule has 1 aliphatic heterocycles. The van der Waals surface area contributed by atoms with Crippen LogP contribution in [0.2, 0.25) is 0 Å². The second-order valence-corrected chi connectivity index (χ2v) is 4.80. The Bertz CT molecular complexity index is 442. The van der Waals surface area contributed by atoms with Gasteiger partial charge in [0.1, 0.15) is 0 Å². The van der Waals surface area contributed by atoms with Crippen molar-refractivity contribution >= 4 is 29.9 Å². The predicted molar refractivity (Wildman–Crippen MR) is 75.7 cm³/mol. The van der Waals surface area contributed by atoms with E-state index < -0.39 is 0 Å². The molecule has 6 nitrogen and oxygen atoms in total. The van der Waals surface area contributed by atoms with Crippen LogP contribution in [0.3, 0.4) is 0 Å². The third-order valence-corrected chi connectivity index (χ3v) is 3.00. The van der Waals surface area contributed by atoms with Gasteiger partial charge < -0.3 is 10.6 Å². The van der Waals surface area contributed by atoms with E-state index in [-0.39, 0.29) is 24.9 Å². The molecule has 2 heterocycles. The molecule has 0 aromatic carbocycles. The fourth-order valence-corrected chi connectivity index (χ4v) is 1.96. The molecule has 1 aromatic heterocycles. The van der Waals surface area contributed by atoms with Crippen LogP contribution in [-0.2, 0) is 0 Å². The van der Waals surface area contributed by atoms with Gasteiger partial charge in [-0.05, 0) is 25.9 Å². The van der Waals surface area contributed by atoms with Crippen molar-refractivity contribution < 1.29 is 4.79 Å². The zero-order chi connectivity index (χ0) is 13.0. The minimum atomic E-state index is -0.281. The topological polar surface area (TPSA) is 71.8 Å². The van der Waals surface area contributed by atoms with Gasteiger partial charge in [0, 0.05) is 5.03 Å². The molecule has 1 aliphatic rings. The van der Waals surface area contributed by atoms with Gasteiger partial charge in [0.15, 0.2) is 5.69 Å². The first-order valence-corrected chi connectivity index (χ1v) is 6.28. The SMILES string of the molecule is C=C(Cl)CNC(=O)c1cn(C2CCNCC2)nn1.Cl. The first kappa shape index (κ1) is 15.9. The van der Waals surface area contributed by atoms with Gasteiger partial charge >= 0.3 is 0 Å². The van der Waals surface area contributed by atoms with E-state index in [4.69, 9.17) is 11.6 Å². The molecule has 0 radical (unpaired) electrons. The number of hydrogen-bond acceptors (Lipinski definition) is 4. The lowest BCUT2D eigenvalue weighted by Gasteiger charge is -2.22. The van der Waals surface area contributed by atoms with Crippen molar-refractivity contribution in [2.75, 3.05) is 19.6 Å². The van der Waals surface area contributed by atoms with Crippen LogP contribution in [0.15, 0.2) is 17.8 Å². The van der Waals surface area contributed by atoms with Crippen molar-refractivity contribution in [1.29, 1.82) is 0 Å². The molecule has 0 saturated carbocycles. The van der Waals surface area contributed by atoms with Crippen LogP contribution in [-0.4, -0.2) is 40.5 Å². The Morgan fingerprint density at radius 1 is 1.58 bits per heavy atom. The third-order valence-electron chi connectivity index (χ3n) is 2.87. The average molecular weight is 306 g/mol. The molecule has 2 rings (SSSR count). The Morgan fingerprint density at radius 2 is 2.26 bits per heavy atom. The van der Waals surface area contributed by atoms with Crippen molar-refractivity contribution in [2.45, 2.75) is 18.9 Å². The Balaban J connectivity index is 0.00000180. The maximum Gasteiger partial charge on any atom is 0.273 e. The van der Waals surface area contributed by atoms with Gasteiger partial charge in [0.2, 0.25) is 0 Å². The van der Waals surface area contributed by atoms with Crippen LogP contribution >= 0.6 is 24.0 Å². The second kappa shape index (κ2) is 7.47. The molecule has 0 aliphatic carbocycles. The van der Waals surface area contributed by atoms with Crippen molar-refractivity contribution in [3.63, 3.8) is 0 Å². The van der Waals surface area contributed by atoms with Gasteiger partial charge in [-0.2, -0.15) is 0 Å². The number of amides is 1. The third kappa shape index (κ3) is 4.49. The molecular formula is C11H17Cl2N5O. The molecule has 1 aromatic rings. The number of nitrogens with one attached hydrogen (secondary N) is 2. The van der Waals surface area contributed by atoms with E-state index in [0.29, 0.717) is 16.8 Å². The van der Waals surface area contributed by atoms with Crippen LogP contribution in [0.4, 0.5) is 0 Å². The molecule has 1 amide bonds. The molecule has 2 N–H and O–H groups in total. The van der Waals surface area contributed by atoms with E-state index >= 15 is 0 Å². The van der Waals surface area contributed by atoms with E-state index in [9.17, 15) is 4.79 Å². The zero-order valence-corrected chi connectivity index (χ0v) is 12.0. The highest BCUT2D eigenvalue weighted by molar-refractivity contribution is 6.29. The molecule has 8 heteroatoms. The van der Waals surface area contributed by atoms with Crippen LogP contribution < -0.4 is 10.6 Å². The monoisotopic (exact) mass is 305 g/mol. The van der Waals surface area contributed by atoms with Crippen molar-refractivity contribution in [3.05, 3.63) is 23.5 Å². The van der Waals surface area contributed by atoms with Gasteiger partial charge in [0.05, 0.1) is 18.8 Å². The van der Waals surface area contributed by atoms with E-state index in [2.05, 4.69) is 27.5 Å². The average Bonchev–Trinajstić information content (AvgIpc) is 2.86. The Labute approximate surface area is 123 Å². The first-order chi connectivity index (χ1) is 8.66. The summed E-state index contributed by atoms with van der Waals surface area (Å²) in [6, 6.07) is 0.322. The Kier molecular flexibility index (Phi) is 6.27. The highest BCUT2D eigenvalue weighted by atomic mass is 35.5. The van der Waals surface area contributed by atoms with Gasteiger partial charge in [-0.25, -0.2) is 4.68 Å². The van der Waals surface area contributed by atoms with Crippen molar-refractivity contribution in [1.82, 2.24) is 25.6 Å². The summed E-state index contributed by atoms with van der Waals surface area (Å²) < 4.78 is 1.77. The summed E-state index contributed by atoms with van der Waals surface area (Å²) in [5.41, 5.74) is 0.312. The number of hydrogen-bond donors (Lipinski definition) is 2. The van der Waals surface area contributed by atoms with Crippen molar-refractivity contribution in [2.24, 2.45) is 0 Å². The lowest BCUT2D eigenvalue weighted by atomic mass is 10.1. The number of carbonyl (C=O) groups excluding carboxylic acids is 1. The molecule has 0 atom stereocenters. The molecule has 0 unspecified atom stereocenters. The van der Waals surface area contributed by atoms with Crippen LogP contribution in [0, 0.1) is 0 Å². The molecular weight excluding hydrogens is 289 g/mol. The van der Waals surface area contributed by atoms with E-state index in [1.807, 2.05) is 0 Å². The largest absolute Gasteiger partial charge is 0.346 e. The van der Waals surface area contributed by atoms with Crippen molar-refractivity contribution in [3.8, 4) is 0 Å². The number of halogens is 2. The minimum Gasteiger partial charge on any atom is -0.346 e. The molecule has 106 valence electrons. The summed E-state index contributed by atoms with van der Waals surface area (Å²) in [5, 5.41) is 14.2. The number of carbonyl (C=O) groups is 1. The maximum absolute atomic E-state index is 11.7. The molecule has 1 saturated heterocycles. The molecule has 1 fully saturated rings. The summed E-state index contributed by atoms with van der Waals surface area (Å²) in [6.07, 6.45) is 3.69. The fraction of sp³-hybridized carbons (Fsp3) is 0.545. The standard InChI is InChI=1S/C11H16ClN5O.ClH/c1-8(12)6-14-11(18)10-7-17(16-15-10)9-2-4-13-5-3-9;/h7,9,13H,1-6H2,(H,14,18);1H. The lowest BCUT2D eigenvalue weighted by molar-refractivity contribution is 0.0952. The summed E-state index contributed by atoms with van der Waals surface area (Å²) in [4.78, 5) is 11.7. The van der Waals surface area contributed by atoms with Crippen LogP contribution in [0.5, 0.6) is 0 Å². The zero-order valence-electron chi connectivity index (χ0n) is 10.4.